The summed E-state index contributed by atoms with van der Waals surface area (Å²) in [4.78, 5) is 24.0. The van der Waals surface area contributed by atoms with Crippen LogP contribution in [0.15, 0.2) is 12.3 Å². The van der Waals surface area contributed by atoms with Crippen LogP contribution >= 0.6 is 0 Å². The second kappa shape index (κ2) is 5.53. The molecule has 0 aromatic carbocycles. The van der Waals surface area contributed by atoms with Crippen LogP contribution in [0.3, 0.4) is 0 Å². The Kier molecular flexibility index (Phi) is 4.34. The summed E-state index contributed by atoms with van der Waals surface area (Å²) in [5.41, 5.74) is 0. The lowest BCUT2D eigenvalue weighted by Crippen LogP contribution is -2.46. The van der Waals surface area contributed by atoms with E-state index in [0.29, 0.717) is 18.8 Å². The number of hydrogen-bond acceptors (Lipinski definition) is 3. The number of allylic oxidation sites excluding steroid dienone is 1. The zero-order valence-electron chi connectivity index (χ0n) is 9.78. The van der Waals surface area contributed by atoms with Crippen LogP contribution in [0.4, 0.5) is 4.79 Å². The molecule has 0 radical (unpaired) electrons. The van der Waals surface area contributed by atoms with Gasteiger partial charge >= 0.3 is 6.09 Å². The standard InChI is InChI=1S/C11H18N2O3/c1-8(2)16-11(15)13-6-4-10(5-7-13)12-9(3)14/h10H,1,4-7H2,2-3H3,(H,12,14). The molecule has 0 aromatic heterocycles. The molecule has 1 aliphatic heterocycles. The first-order valence-corrected chi connectivity index (χ1v) is 5.38. The van der Waals surface area contributed by atoms with Gasteiger partial charge in [0.05, 0.1) is 5.76 Å². The van der Waals surface area contributed by atoms with Gasteiger partial charge in [-0.2, -0.15) is 0 Å². The van der Waals surface area contributed by atoms with Crippen LogP contribution in [0.5, 0.6) is 0 Å². The SMILES string of the molecule is C=C(C)OC(=O)N1CCC(NC(C)=O)CC1. The van der Waals surface area contributed by atoms with Gasteiger partial charge in [0.15, 0.2) is 0 Å². The Bertz CT molecular complexity index is 294. The van der Waals surface area contributed by atoms with E-state index in [2.05, 4.69) is 11.9 Å². The number of carbonyl (C=O) groups excluding carboxylic acids is 2. The minimum atomic E-state index is -0.353. The number of likely N-dealkylation sites (tertiary alicyclic amines) is 1. The highest BCUT2D eigenvalue weighted by atomic mass is 16.6. The maximum Gasteiger partial charge on any atom is 0.414 e. The maximum atomic E-state index is 11.5. The molecule has 0 saturated carbocycles. The summed E-state index contributed by atoms with van der Waals surface area (Å²) in [5, 5.41) is 2.85. The van der Waals surface area contributed by atoms with Crippen molar-refractivity contribution in [3.8, 4) is 0 Å². The third kappa shape index (κ3) is 3.92. The average molecular weight is 226 g/mol. The molecule has 1 fully saturated rings. The third-order valence-corrected chi connectivity index (χ3v) is 2.42. The van der Waals surface area contributed by atoms with Gasteiger partial charge in [-0.05, 0) is 19.8 Å². The normalized spacial score (nSPS) is 16.8. The molecule has 1 aliphatic rings. The number of amides is 2. The van der Waals surface area contributed by atoms with Gasteiger partial charge in [0, 0.05) is 26.1 Å². The van der Waals surface area contributed by atoms with Crippen LogP contribution in [-0.4, -0.2) is 36.0 Å². The summed E-state index contributed by atoms with van der Waals surface area (Å²) < 4.78 is 4.91. The Hall–Kier alpha value is -1.52. The van der Waals surface area contributed by atoms with Gasteiger partial charge in [0.2, 0.25) is 5.91 Å². The van der Waals surface area contributed by atoms with Crippen LogP contribution in [0.1, 0.15) is 26.7 Å². The van der Waals surface area contributed by atoms with E-state index in [1.165, 1.54) is 6.92 Å². The van der Waals surface area contributed by atoms with Crippen LogP contribution in [0, 0.1) is 0 Å². The lowest BCUT2D eigenvalue weighted by atomic mass is 10.1. The molecule has 1 N–H and O–H groups in total. The van der Waals surface area contributed by atoms with Crippen molar-refractivity contribution < 1.29 is 14.3 Å². The second-order valence-electron chi connectivity index (χ2n) is 4.03. The topological polar surface area (TPSA) is 58.6 Å². The smallest absolute Gasteiger partial charge is 0.414 e. The number of piperidine rings is 1. The van der Waals surface area contributed by atoms with Crippen molar-refractivity contribution in [1.29, 1.82) is 0 Å². The number of nitrogens with zero attached hydrogens (tertiary/aromatic N) is 1. The molecule has 0 unspecified atom stereocenters. The van der Waals surface area contributed by atoms with Crippen molar-refractivity contribution in [2.45, 2.75) is 32.7 Å². The molecule has 0 aromatic rings. The molecular weight excluding hydrogens is 208 g/mol. The number of carbonyl (C=O) groups is 2. The predicted octanol–water partition coefficient (Wildman–Crippen LogP) is 1.26. The molecule has 1 saturated heterocycles. The van der Waals surface area contributed by atoms with E-state index < -0.39 is 0 Å². The lowest BCUT2D eigenvalue weighted by molar-refractivity contribution is -0.119. The Balaban J connectivity index is 2.34. The quantitative estimate of drug-likeness (QED) is 0.721. The Morgan fingerprint density at radius 3 is 2.31 bits per heavy atom. The number of ether oxygens (including phenoxy) is 1. The fourth-order valence-corrected chi connectivity index (χ4v) is 1.71. The molecule has 5 heteroatoms. The number of hydrogen-bond donors (Lipinski definition) is 1. The van der Waals surface area contributed by atoms with Crippen molar-refractivity contribution in [2.24, 2.45) is 0 Å². The van der Waals surface area contributed by atoms with Gasteiger partial charge in [0.25, 0.3) is 0 Å². The van der Waals surface area contributed by atoms with Crippen LogP contribution in [0.25, 0.3) is 0 Å². The van der Waals surface area contributed by atoms with Crippen LogP contribution in [-0.2, 0) is 9.53 Å². The molecule has 0 bridgehead atoms. The Morgan fingerprint density at radius 1 is 1.31 bits per heavy atom. The molecule has 0 spiro atoms. The van der Waals surface area contributed by atoms with Crippen LogP contribution in [0.2, 0.25) is 0 Å². The zero-order chi connectivity index (χ0) is 12.1. The van der Waals surface area contributed by atoms with Crippen LogP contribution < -0.4 is 5.32 Å². The van der Waals surface area contributed by atoms with E-state index in [1.807, 2.05) is 0 Å². The highest BCUT2D eigenvalue weighted by Gasteiger charge is 2.24. The highest BCUT2D eigenvalue weighted by Crippen LogP contribution is 2.12. The van der Waals surface area contributed by atoms with Gasteiger partial charge < -0.3 is 15.0 Å². The second-order valence-corrected chi connectivity index (χ2v) is 4.03. The minimum Gasteiger partial charge on any atom is -0.416 e. The van der Waals surface area contributed by atoms with Crippen molar-refractivity contribution >= 4 is 12.0 Å². The van der Waals surface area contributed by atoms with E-state index >= 15 is 0 Å². The van der Waals surface area contributed by atoms with Gasteiger partial charge in [-0.25, -0.2) is 4.79 Å². The Labute approximate surface area is 95.4 Å². The molecule has 1 rings (SSSR count). The monoisotopic (exact) mass is 226 g/mol. The van der Waals surface area contributed by atoms with Gasteiger partial charge in [-0.3, -0.25) is 4.79 Å². The number of nitrogens with one attached hydrogen (secondary N) is 1. The molecule has 0 aliphatic carbocycles. The lowest BCUT2D eigenvalue weighted by Gasteiger charge is -2.31. The van der Waals surface area contributed by atoms with E-state index in [-0.39, 0.29) is 18.0 Å². The summed E-state index contributed by atoms with van der Waals surface area (Å²) in [6, 6.07) is 0.173. The summed E-state index contributed by atoms with van der Waals surface area (Å²) in [7, 11) is 0. The summed E-state index contributed by atoms with van der Waals surface area (Å²) in [6.07, 6.45) is 1.18. The molecule has 2 amide bonds. The van der Waals surface area contributed by atoms with Crippen molar-refractivity contribution in [3.05, 3.63) is 12.3 Å². The van der Waals surface area contributed by atoms with E-state index in [4.69, 9.17) is 4.74 Å². The summed E-state index contributed by atoms with van der Waals surface area (Å²) >= 11 is 0. The van der Waals surface area contributed by atoms with Crippen molar-refractivity contribution in [2.75, 3.05) is 13.1 Å². The molecule has 1 heterocycles. The van der Waals surface area contributed by atoms with E-state index in [0.717, 1.165) is 12.8 Å². The maximum absolute atomic E-state index is 11.5. The Morgan fingerprint density at radius 2 is 1.88 bits per heavy atom. The zero-order valence-corrected chi connectivity index (χ0v) is 9.78. The first-order valence-electron chi connectivity index (χ1n) is 5.38. The van der Waals surface area contributed by atoms with E-state index in [9.17, 15) is 9.59 Å². The first-order chi connectivity index (χ1) is 7.49. The van der Waals surface area contributed by atoms with Crippen molar-refractivity contribution in [1.82, 2.24) is 10.2 Å². The minimum absolute atomic E-state index is 0.0250. The molecule has 0 atom stereocenters. The fourth-order valence-electron chi connectivity index (χ4n) is 1.71. The third-order valence-electron chi connectivity index (χ3n) is 2.42. The van der Waals surface area contributed by atoms with Gasteiger partial charge in [0.1, 0.15) is 0 Å². The summed E-state index contributed by atoms with van der Waals surface area (Å²) in [5.74, 6) is 0.372. The first kappa shape index (κ1) is 12.5. The average Bonchev–Trinajstić information content (AvgIpc) is 2.16. The predicted molar refractivity (Wildman–Crippen MR) is 59.7 cm³/mol. The molecule has 16 heavy (non-hydrogen) atoms. The van der Waals surface area contributed by atoms with Gasteiger partial charge in [-0.1, -0.05) is 6.58 Å². The van der Waals surface area contributed by atoms with Gasteiger partial charge in [-0.15, -0.1) is 0 Å². The number of rotatable bonds is 2. The molecular formula is C11H18N2O3. The molecule has 90 valence electrons. The van der Waals surface area contributed by atoms with Crippen molar-refractivity contribution in [3.63, 3.8) is 0 Å². The fraction of sp³-hybridized carbons (Fsp3) is 0.636. The highest BCUT2D eigenvalue weighted by molar-refractivity contribution is 5.73. The summed E-state index contributed by atoms with van der Waals surface area (Å²) in [6.45, 7) is 7.88. The largest absolute Gasteiger partial charge is 0.416 e. The molecule has 5 nitrogen and oxygen atoms in total. The van der Waals surface area contributed by atoms with E-state index in [1.54, 1.807) is 11.8 Å².